The summed E-state index contributed by atoms with van der Waals surface area (Å²) in [6, 6.07) is 3.00. The van der Waals surface area contributed by atoms with Gasteiger partial charge in [0.05, 0.1) is 15.8 Å². The van der Waals surface area contributed by atoms with E-state index in [0.717, 1.165) is 18.2 Å². The third-order valence-corrected chi connectivity index (χ3v) is 3.70. The van der Waals surface area contributed by atoms with Crippen molar-refractivity contribution >= 4 is 44.6 Å². The van der Waals surface area contributed by atoms with E-state index in [1.165, 1.54) is 0 Å². The molecule has 0 saturated heterocycles. The van der Waals surface area contributed by atoms with E-state index < -0.39 is 26.3 Å². The van der Waals surface area contributed by atoms with Gasteiger partial charge in [0.1, 0.15) is 0 Å². The maximum Gasteiger partial charge on any atom is 1.00 e. The van der Waals surface area contributed by atoms with E-state index in [0.29, 0.717) is 4.09 Å². The topological polar surface area (TPSA) is 98.4 Å². The zero-order valence-corrected chi connectivity index (χ0v) is 13.7. The molecule has 0 spiro atoms. The van der Waals surface area contributed by atoms with Gasteiger partial charge in [-0.25, -0.2) is 8.88 Å². The van der Waals surface area contributed by atoms with Crippen LogP contribution in [0.5, 0.6) is 0 Å². The zero-order chi connectivity index (χ0) is 13.7. The van der Waals surface area contributed by atoms with Crippen molar-refractivity contribution in [3.8, 4) is 0 Å². The number of halogens is 2. The van der Waals surface area contributed by atoms with Crippen LogP contribution in [-0.4, -0.2) is 21.1 Å². The maximum absolute atomic E-state index is 11.7. The minimum absolute atomic E-state index is 0. The summed E-state index contributed by atoms with van der Waals surface area (Å²) < 4.78 is 31.5. The molecule has 2 aromatic rings. The van der Waals surface area contributed by atoms with E-state index in [1.807, 2.05) is 0 Å². The van der Waals surface area contributed by atoms with E-state index >= 15 is 0 Å². The van der Waals surface area contributed by atoms with Crippen molar-refractivity contribution in [3.63, 3.8) is 0 Å². The Hall–Kier alpha value is -0.350. The second-order valence-electron chi connectivity index (χ2n) is 3.30. The molecule has 0 saturated carbocycles. The van der Waals surface area contributed by atoms with Crippen LogP contribution in [0.3, 0.4) is 0 Å². The quantitative estimate of drug-likeness (QED) is 0.460. The van der Waals surface area contributed by atoms with Crippen LogP contribution in [0.25, 0.3) is 10.9 Å². The molecule has 7 nitrogen and oxygen atoms in total. The monoisotopic (exact) mass is 334 g/mol. The van der Waals surface area contributed by atoms with Gasteiger partial charge in [0.25, 0.3) is 15.7 Å². The Kier molecular flexibility index (Phi) is 4.89. The predicted molar refractivity (Wildman–Crippen MR) is 65.9 cm³/mol. The van der Waals surface area contributed by atoms with Gasteiger partial charge in [-0.1, -0.05) is 0 Å². The number of benzene rings is 1. The fourth-order valence-corrected chi connectivity index (χ4v) is 2.33. The predicted octanol–water partition coefficient (Wildman–Crippen LogP) is -2.47. The summed E-state index contributed by atoms with van der Waals surface area (Å²) in [5.41, 5.74) is -1.93. The van der Waals surface area contributed by atoms with Crippen molar-refractivity contribution in [3.05, 3.63) is 39.0 Å². The first kappa shape index (κ1) is 16.7. The fourth-order valence-electron chi connectivity index (χ4n) is 1.39. The van der Waals surface area contributed by atoms with Crippen molar-refractivity contribution in [1.82, 2.24) is 8.17 Å². The third kappa shape index (κ3) is 2.89. The molecule has 0 radical (unpaired) electrons. The summed E-state index contributed by atoms with van der Waals surface area (Å²) >= 11 is 11.0. The first-order valence-electron chi connectivity index (χ1n) is 4.35. The molecule has 0 amide bonds. The molecule has 1 N–H and O–H groups in total. The van der Waals surface area contributed by atoms with Gasteiger partial charge in [-0.3, -0.25) is 9.35 Å². The van der Waals surface area contributed by atoms with E-state index in [4.69, 9.17) is 28.1 Å². The third-order valence-electron chi connectivity index (χ3n) is 2.22. The number of aromatic nitrogens is 2. The van der Waals surface area contributed by atoms with E-state index in [1.54, 1.807) is 0 Å². The van der Waals surface area contributed by atoms with Gasteiger partial charge < -0.3 is 1.43 Å². The van der Waals surface area contributed by atoms with E-state index in [-0.39, 0.29) is 46.0 Å². The molecule has 11 heteroatoms. The average molecular weight is 335 g/mol. The molecule has 1 heterocycles. The van der Waals surface area contributed by atoms with E-state index in [2.05, 4.69) is 0 Å². The Bertz CT molecular complexity index is 879. The van der Waals surface area contributed by atoms with Crippen LogP contribution in [0.15, 0.2) is 32.7 Å². The average Bonchev–Trinajstić information content (AvgIpc) is 2.32. The second kappa shape index (κ2) is 5.57. The molecule has 0 aliphatic rings. The summed E-state index contributed by atoms with van der Waals surface area (Å²) in [7, 11) is -4.47. The van der Waals surface area contributed by atoms with Gasteiger partial charge in [-0.15, -0.1) is 0 Å². The van der Waals surface area contributed by atoms with Crippen LogP contribution in [0.2, 0.25) is 0 Å². The molecular weight excluding hydrogens is 330 g/mol. The summed E-state index contributed by atoms with van der Waals surface area (Å²) in [6.45, 7) is 0. The number of hydrogen-bond donors (Lipinski definition) is 1. The van der Waals surface area contributed by atoms with Crippen molar-refractivity contribution in [2.45, 2.75) is 4.90 Å². The van der Waals surface area contributed by atoms with Gasteiger partial charge in [0.2, 0.25) is 0 Å². The Morgan fingerprint density at radius 3 is 2.26 bits per heavy atom. The Morgan fingerprint density at radius 1 is 1.16 bits per heavy atom. The fraction of sp³-hybridized carbons (Fsp3) is 0. The van der Waals surface area contributed by atoms with Crippen LogP contribution in [0.1, 0.15) is 1.43 Å². The number of hydrogen-bond acceptors (Lipinski definition) is 4. The molecule has 1 aromatic heterocycles. The van der Waals surface area contributed by atoms with Gasteiger partial charge in [0, 0.05) is 23.6 Å². The normalized spacial score (nSPS) is 11.3. The number of nitrogens with zero attached hydrogens (tertiary/aromatic N) is 2. The van der Waals surface area contributed by atoms with E-state index in [9.17, 15) is 18.0 Å². The summed E-state index contributed by atoms with van der Waals surface area (Å²) in [4.78, 5) is 22.5. The van der Waals surface area contributed by atoms with Crippen LogP contribution >= 0.6 is 23.6 Å². The van der Waals surface area contributed by atoms with Crippen LogP contribution in [0, 0.1) is 0 Å². The standard InChI is InChI=1S/C8H4Cl2N2O5S.Na.H/c9-11-6-2-1-4(18(15,16)17)3-5(6)7(13)12(10)8(11)14;;/h1-3H,(H,15,16,17);;/q;+1;-1. The molecule has 0 aliphatic carbocycles. The Morgan fingerprint density at radius 2 is 1.74 bits per heavy atom. The maximum atomic E-state index is 11.7. The van der Waals surface area contributed by atoms with Gasteiger partial charge in [0.15, 0.2) is 0 Å². The summed E-state index contributed by atoms with van der Waals surface area (Å²) in [5, 5.41) is -0.213. The first-order valence-corrected chi connectivity index (χ1v) is 6.46. The number of fused-ring (bicyclic) bond motifs is 1. The molecule has 19 heavy (non-hydrogen) atoms. The molecule has 0 atom stereocenters. The Labute approximate surface area is 140 Å². The first-order chi connectivity index (χ1) is 8.23. The molecule has 0 aliphatic heterocycles. The minimum atomic E-state index is -4.47. The van der Waals surface area contributed by atoms with Crippen molar-refractivity contribution in [2.75, 3.05) is 0 Å². The second-order valence-corrected chi connectivity index (χ2v) is 5.40. The molecule has 0 unspecified atom stereocenters. The van der Waals surface area contributed by atoms with Crippen molar-refractivity contribution in [2.24, 2.45) is 0 Å². The summed E-state index contributed by atoms with van der Waals surface area (Å²) in [5.74, 6) is 0. The molecule has 98 valence electrons. The van der Waals surface area contributed by atoms with Crippen LogP contribution in [-0.2, 0) is 10.1 Å². The Balaban J connectivity index is 0.00000180. The number of rotatable bonds is 1. The largest absolute Gasteiger partial charge is 1.00 e. The minimum Gasteiger partial charge on any atom is -1.00 e. The molecule has 0 fully saturated rings. The molecule has 1 aromatic carbocycles. The van der Waals surface area contributed by atoms with Crippen molar-refractivity contribution < 1.29 is 44.0 Å². The molecular formula is C8H5Cl2N2NaO5S. The van der Waals surface area contributed by atoms with Gasteiger partial charge >= 0.3 is 35.2 Å². The van der Waals surface area contributed by atoms with Crippen LogP contribution in [0.4, 0.5) is 0 Å². The smallest absolute Gasteiger partial charge is 1.00 e. The SMILES string of the molecule is O=c1c2cc(S(=O)(=O)O)ccc2n(Cl)c(=O)n1Cl.[H-].[Na+]. The van der Waals surface area contributed by atoms with Crippen LogP contribution < -0.4 is 40.8 Å². The molecule has 2 rings (SSSR count). The van der Waals surface area contributed by atoms with Gasteiger partial charge in [-0.2, -0.15) is 12.5 Å². The molecule has 0 bridgehead atoms. The zero-order valence-electron chi connectivity index (χ0n) is 10.4. The van der Waals surface area contributed by atoms with Crippen molar-refractivity contribution in [1.29, 1.82) is 0 Å². The van der Waals surface area contributed by atoms with Gasteiger partial charge in [-0.05, 0) is 18.2 Å². The summed E-state index contributed by atoms with van der Waals surface area (Å²) in [6.07, 6.45) is 0.